The first-order valence-electron chi connectivity index (χ1n) is 7.74. The number of amides is 1. The van der Waals surface area contributed by atoms with Gasteiger partial charge in [0, 0.05) is 12.1 Å². The second kappa shape index (κ2) is 9.12. The van der Waals surface area contributed by atoms with Gasteiger partial charge in [-0.2, -0.15) is 0 Å². The van der Waals surface area contributed by atoms with Crippen LogP contribution >= 0.6 is 34.8 Å². The second-order valence-corrected chi connectivity index (χ2v) is 7.91. The Hall–Kier alpha value is -2.82. The van der Waals surface area contributed by atoms with Crippen molar-refractivity contribution in [2.45, 2.75) is 9.96 Å². The van der Waals surface area contributed by atoms with Gasteiger partial charge in [-0.15, -0.1) is 0 Å². The Morgan fingerprint density at radius 3 is 2.10 bits per heavy atom. The molecule has 0 heterocycles. The molecule has 0 aliphatic heterocycles. The quantitative estimate of drug-likeness (QED) is 0.273. The van der Waals surface area contributed by atoms with E-state index in [0.717, 1.165) is 18.2 Å². The van der Waals surface area contributed by atoms with Gasteiger partial charge in [-0.05, 0) is 12.1 Å². The molecule has 1 amide bonds. The summed E-state index contributed by atoms with van der Waals surface area (Å²) in [6, 6.07) is 9.09. The molecular formula is C16H13Cl3N4O6. The van der Waals surface area contributed by atoms with Gasteiger partial charge in [-0.3, -0.25) is 25.0 Å². The molecule has 1 atom stereocenters. The molecular weight excluding hydrogens is 451 g/mol. The monoisotopic (exact) mass is 462 g/mol. The van der Waals surface area contributed by atoms with Crippen LogP contribution in [0.2, 0.25) is 0 Å². The van der Waals surface area contributed by atoms with E-state index in [1.807, 2.05) is 0 Å². The smallest absolute Gasteiger partial charge is 0.277 e. The van der Waals surface area contributed by atoms with Gasteiger partial charge in [-0.25, -0.2) is 0 Å². The lowest BCUT2D eigenvalue weighted by Crippen LogP contribution is -2.49. The fourth-order valence-electron chi connectivity index (χ4n) is 2.27. The molecule has 0 saturated heterocycles. The first kappa shape index (κ1) is 22.5. The fourth-order valence-corrected chi connectivity index (χ4v) is 2.60. The van der Waals surface area contributed by atoms with Gasteiger partial charge in [0.15, 0.2) is 0 Å². The zero-order chi connectivity index (χ0) is 21.8. The minimum Gasteiger partial charge on any atom is -0.495 e. The number of alkyl halides is 3. The van der Waals surface area contributed by atoms with Crippen LogP contribution in [0.4, 0.5) is 17.1 Å². The summed E-state index contributed by atoms with van der Waals surface area (Å²) >= 11 is 17.8. The Labute approximate surface area is 179 Å². The van der Waals surface area contributed by atoms with Gasteiger partial charge in [0.05, 0.1) is 34.3 Å². The van der Waals surface area contributed by atoms with Crippen LogP contribution in [0, 0.1) is 20.2 Å². The summed E-state index contributed by atoms with van der Waals surface area (Å²) in [6.07, 6.45) is -1.31. The third-order valence-corrected chi connectivity index (χ3v) is 4.25. The van der Waals surface area contributed by atoms with Crippen LogP contribution in [0.5, 0.6) is 5.75 Å². The van der Waals surface area contributed by atoms with Crippen molar-refractivity contribution in [1.82, 2.24) is 5.32 Å². The van der Waals surface area contributed by atoms with E-state index in [0.29, 0.717) is 11.4 Å². The highest BCUT2D eigenvalue weighted by Gasteiger charge is 2.35. The number of nitrogens with one attached hydrogen (secondary N) is 2. The number of nitro groups is 2. The minimum absolute atomic E-state index is 0.355. The number of nitrogens with zero attached hydrogens (tertiary/aromatic N) is 2. The molecule has 2 aromatic carbocycles. The van der Waals surface area contributed by atoms with E-state index in [1.54, 1.807) is 24.3 Å². The maximum Gasteiger partial charge on any atom is 0.277 e. The molecule has 154 valence electrons. The Morgan fingerprint density at radius 1 is 1.07 bits per heavy atom. The summed E-state index contributed by atoms with van der Waals surface area (Å²) in [5.41, 5.74) is -1.23. The summed E-state index contributed by atoms with van der Waals surface area (Å²) in [7, 11) is 1.42. The number of methoxy groups -OCH3 is 1. The highest BCUT2D eigenvalue weighted by atomic mass is 35.6. The molecule has 0 saturated carbocycles. The maximum absolute atomic E-state index is 12.6. The largest absolute Gasteiger partial charge is 0.495 e. The Balaban J connectivity index is 2.36. The van der Waals surface area contributed by atoms with Crippen molar-refractivity contribution in [1.29, 1.82) is 0 Å². The summed E-state index contributed by atoms with van der Waals surface area (Å²) < 4.78 is 3.13. The molecule has 10 nitrogen and oxygen atoms in total. The van der Waals surface area contributed by atoms with Crippen molar-refractivity contribution in [3.05, 3.63) is 68.3 Å². The molecule has 0 fully saturated rings. The number of anilines is 1. The summed E-state index contributed by atoms with van der Waals surface area (Å²) in [5.74, 6) is -0.539. The normalized spacial score (nSPS) is 12.0. The van der Waals surface area contributed by atoms with Crippen LogP contribution in [-0.4, -0.2) is 32.8 Å². The van der Waals surface area contributed by atoms with Gasteiger partial charge >= 0.3 is 0 Å². The van der Waals surface area contributed by atoms with Crippen molar-refractivity contribution < 1.29 is 19.4 Å². The average Bonchev–Trinajstić information content (AvgIpc) is 2.66. The van der Waals surface area contributed by atoms with Gasteiger partial charge in [0.2, 0.25) is 3.79 Å². The molecule has 0 radical (unpaired) electrons. The lowest BCUT2D eigenvalue weighted by molar-refractivity contribution is -0.394. The molecule has 2 aromatic rings. The van der Waals surface area contributed by atoms with Crippen LogP contribution in [0.3, 0.4) is 0 Å². The number of carbonyl (C=O) groups excluding carboxylic acids is 1. The molecule has 2 N–H and O–H groups in total. The molecule has 0 aromatic heterocycles. The van der Waals surface area contributed by atoms with E-state index in [9.17, 15) is 25.0 Å². The summed E-state index contributed by atoms with van der Waals surface area (Å²) in [5, 5.41) is 27.2. The van der Waals surface area contributed by atoms with Gasteiger partial charge in [0.25, 0.3) is 17.3 Å². The van der Waals surface area contributed by atoms with E-state index >= 15 is 0 Å². The number of benzene rings is 2. The number of para-hydroxylation sites is 2. The number of carbonyl (C=O) groups is 1. The topological polar surface area (TPSA) is 137 Å². The molecule has 0 unspecified atom stereocenters. The van der Waals surface area contributed by atoms with E-state index in [-0.39, 0.29) is 5.56 Å². The zero-order valence-electron chi connectivity index (χ0n) is 14.6. The zero-order valence-corrected chi connectivity index (χ0v) is 16.9. The Bertz CT molecular complexity index is 918. The van der Waals surface area contributed by atoms with Crippen molar-refractivity contribution in [3.63, 3.8) is 0 Å². The van der Waals surface area contributed by atoms with Crippen molar-refractivity contribution in [2.75, 3.05) is 12.4 Å². The lowest BCUT2D eigenvalue weighted by Gasteiger charge is -2.28. The van der Waals surface area contributed by atoms with Crippen LogP contribution in [0.25, 0.3) is 0 Å². The minimum atomic E-state index is -2.05. The Kier molecular flexibility index (Phi) is 7.07. The van der Waals surface area contributed by atoms with Crippen molar-refractivity contribution >= 4 is 57.8 Å². The standard InChI is InChI=1S/C16H13Cl3N4O6/c1-29-13-5-3-2-4-12(13)20-15(16(17,18)19)21-14(24)9-6-10(22(25)26)8-11(7-9)23(27)28/h2-8,15,20H,1H3,(H,21,24)/t15-/m0/s1. The third kappa shape index (κ3) is 5.83. The summed E-state index contributed by atoms with van der Waals surface area (Å²) in [4.78, 5) is 32.9. The lowest BCUT2D eigenvalue weighted by atomic mass is 10.1. The number of ether oxygens (including phenoxy) is 1. The number of nitro benzene ring substituents is 2. The van der Waals surface area contributed by atoms with Crippen molar-refractivity contribution in [2.24, 2.45) is 0 Å². The predicted octanol–water partition coefficient (Wildman–Crippen LogP) is 4.05. The van der Waals surface area contributed by atoms with E-state index in [2.05, 4.69) is 10.6 Å². The van der Waals surface area contributed by atoms with Crippen LogP contribution < -0.4 is 15.4 Å². The second-order valence-electron chi connectivity index (χ2n) is 5.55. The number of non-ortho nitro benzene ring substituents is 2. The van der Waals surface area contributed by atoms with Crippen LogP contribution in [0.1, 0.15) is 10.4 Å². The number of rotatable bonds is 7. The highest BCUT2D eigenvalue weighted by Crippen LogP contribution is 2.34. The van der Waals surface area contributed by atoms with Crippen molar-refractivity contribution in [3.8, 4) is 5.75 Å². The van der Waals surface area contributed by atoms with E-state index < -0.39 is 37.1 Å². The maximum atomic E-state index is 12.6. The summed E-state index contributed by atoms with van der Waals surface area (Å²) in [6.45, 7) is 0. The average molecular weight is 464 g/mol. The predicted molar refractivity (Wildman–Crippen MR) is 108 cm³/mol. The molecule has 0 aliphatic rings. The van der Waals surface area contributed by atoms with Crippen LogP contribution in [0.15, 0.2) is 42.5 Å². The van der Waals surface area contributed by atoms with Gasteiger partial charge < -0.3 is 15.4 Å². The number of halogens is 3. The molecule has 0 bridgehead atoms. The highest BCUT2D eigenvalue weighted by molar-refractivity contribution is 6.68. The van der Waals surface area contributed by atoms with E-state index in [4.69, 9.17) is 39.5 Å². The molecule has 13 heteroatoms. The first-order chi connectivity index (χ1) is 13.5. The van der Waals surface area contributed by atoms with Crippen LogP contribution in [-0.2, 0) is 0 Å². The molecule has 29 heavy (non-hydrogen) atoms. The number of hydrogen-bond acceptors (Lipinski definition) is 7. The fraction of sp³-hybridized carbons (Fsp3) is 0.188. The molecule has 0 spiro atoms. The SMILES string of the molecule is COc1ccccc1N[C@@H](NC(=O)c1cc([N+](=O)[O-])cc([N+](=O)[O-])c1)C(Cl)(Cl)Cl. The molecule has 2 rings (SSSR count). The Morgan fingerprint density at radius 2 is 1.62 bits per heavy atom. The van der Waals surface area contributed by atoms with Gasteiger partial charge in [0.1, 0.15) is 11.9 Å². The third-order valence-electron chi connectivity index (χ3n) is 3.60. The van der Waals surface area contributed by atoms with E-state index in [1.165, 1.54) is 7.11 Å². The number of hydrogen-bond donors (Lipinski definition) is 2. The first-order valence-corrected chi connectivity index (χ1v) is 8.87. The molecule has 0 aliphatic carbocycles. The van der Waals surface area contributed by atoms with Gasteiger partial charge in [-0.1, -0.05) is 46.9 Å².